The molecular weight excluding hydrogens is 294 g/mol. The molecule has 0 saturated carbocycles. The highest BCUT2D eigenvalue weighted by Gasteiger charge is 2.22. The molecule has 0 saturated heterocycles. The van der Waals surface area contributed by atoms with Crippen LogP contribution in [0.5, 0.6) is 0 Å². The fourth-order valence-corrected chi connectivity index (χ4v) is 3.77. The highest BCUT2D eigenvalue weighted by molar-refractivity contribution is 7.09. The predicted octanol–water partition coefficient (Wildman–Crippen LogP) is 2.51. The summed E-state index contributed by atoms with van der Waals surface area (Å²) in [7, 11) is 4.08. The van der Waals surface area contributed by atoms with Crippen LogP contribution in [0.2, 0.25) is 0 Å². The van der Waals surface area contributed by atoms with Gasteiger partial charge >= 0.3 is 0 Å². The number of hydrogen-bond donors (Lipinski definition) is 0. The van der Waals surface area contributed by atoms with Crippen molar-refractivity contribution >= 4 is 17.2 Å². The van der Waals surface area contributed by atoms with Crippen molar-refractivity contribution in [3.63, 3.8) is 0 Å². The van der Waals surface area contributed by atoms with Crippen molar-refractivity contribution in [1.29, 1.82) is 0 Å². The molecule has 2 aromatic rings. The predicted molar refractivity (Wildman–Crippen MR) is 90.3 cm³/mol. The molecule has 0 radical (unpaired) electrons. The Morgan fingerprint density at radius 2 is 2.18 bits per heavy atom. The lowest BCUT2D eigenvalue weighted by Gasteiger charge is -2.29. The second kappa shape index (κ2) is 6.71. The smallest absolute Gasteiger partial charge is 0.136 e. The largest absolute Gasteiger partial charge is 0.362 e. The van der Waals surface area contributed by atoms with E-state index in [0.29, 0.717) is 0 Å². The maximum Gasteiger partial charge on any atom is 0.136 e. The van der Waals surface area contributed by atoms with Crippen molar-refractivity contribution in [2.24, 2.45) is 0 Å². The Morgan fingerprint density at radius 1 is 1.32 bits per heavy atom. The fourth-order valence-electron chi connectivity index (χ4n) is 2.88. The summed E-state index contributed by atoms with van der Waals surface area (Å²) in [4.78, 5) is 18.2. The molecule has 3 rings (SSSR count). The zero-order chi connectivity index (χ0) is 15.5. The summed E-state index contributed by atoms with van der Waals surface area (Å²) in [5, 5.41) is 3.46. The number of hydrogen-bond acceptors (Lipinski definition) is 6. The molecule has 0 aromatic carbocycles. The van der Waals surface area contributed by atoms with Gasteiger partial charge < -0.3 is 4.90 Å². The average molecular weight is 317 g/mol. The van der Waals surface area contributed by atoms with Gasteiger partial charge in [-0.3, -0.25) is 4.90 Å². The number of fused-ring (bicyclic) bond motifs is 1. The van der Waals surface area contributed by atoms with Crippen LogP contribution in [0.3, 0.4) is 0 Å². The van der Waals surface area contributed by atoms with E-state index in [1.165, 1.54) is 22.0 Å². The van der Waals surface area contributed by atoms with Crippen LogP contribution in [-0.2, 0) is 25.9 Å². The van der Waals surface area contributed by atoms with Crippen molar-refractivity contribution in [3.05, 3.63) is 33.7 Å². The minimum atomic E-state index is 0.907. The number of rotatable bonds is 5. The van der Waals surface area contributed by atoms with Gasteiger partial charge in [0.1, 0.15) is 12.1 Å². The lowest BCUT2D eigenvalue weighted by molar-refractivity contribution is 0.240. The van der Waals surface area contributed by atoms with Crippen molar-refractivity contribution in [2.45, 2.75) is 39.3 Å². The average Bonchev–Trinajstić information content (AvgIpc) is 2.94. The molecule has 0 atom stereocenters. The highest BCUT2D eigenvalue weighted by atomic mass is 32.1. The van der Waals surface area contributed by atoms with E-state index in [1.54, 1.807) is 17.7 Å². The Labute approximate surface area is 136 Å². The Bertz CT molecular complexity index is 637. The number of anilines is 1. The van der Waals surface area contributed by atoms with E-state index in [4.69, 9.17) is 4.98 Å². The number of aryl methyl sites for hydroxylation is 1. The third-order valence-electron chi connectivity index (χ3n) is 3.93. The minimum Gasteiger partial charge on any atom is -0.362 e. The van der Waals surface area contributed by atoms with Gasteiger partial charge in [-0.05, 0) is 12.8 Å². The second-order valence-electron chi connectivity index (χ2n) is 5.96. The zero-order valence-electron chi connectivity index (χ0n) is 13.5. The van der Waals surface area contributed by atoms with Gasteiger partial charge in [-0.15, -0.1) is 11.3 Å². The van der Waals surface area contributed by atoms with E-state index in [2.05, 4.69) is 32.1 Å². The summed E-state index contributed by atoms with van der Waals surface area (Å²) in [5.41, 5.74) is 3.66. The van der Waals surface area contributed by atoms with Gasteiger partial charge in [-0.2, -0.15) is 0 Å². The van der Waals surface area contributed by atoms with Gasteiger partial charge in [0.2, 0.25) is 0 Å². The molecule has 1 aliphatic rings. The Kier molecular flexibility index (Phi) is 4.69. The first-order valence-electron chi connectivity index (χ1n) is 7.83. The maximum atomic E-state index is 4.74. The topological polar surface area (TPSA) is 45.2 Å². The van der Waals surface area contributed by atoms with Crippen molar-refractivity contribution < 1.29 is 0 Å². The molecule has 22 heavy (non-hydrogen) atoms. The summed E-state index contributed by atoms with van der Waals surface area (Å²) < 4.78 is 0. The van der Waals surface area contributed by atoms with Gasteiger partial charge in [0.05, 0.1) is 16.4 Å². The quantitative estimate of drug-likeness (QED) is 0.848. The van der Waals surface area contributed by atoms with Crippen molar-refractivity contribution in [3.8, 4) is 0 Å². The van der Waals surface area contributed by atoms with Gasteiger partial charge in [0, 0.05) is 51.1 Å². The summed E-state index contributed by atoms with van der Waals surface area (Å²) in [6.45, 7) is 5.06. The van der Waals surface area contributed by atoms with E-state index >= 15 is 0 Å². The van der Waals surface area contributed by atoms with Crippen LogP contribution in [0.15, 0.2) is 11.7 Å². The van der Waals surface area contributed by atoms with Crippen LogP contribution < -0.4 is 4.90 Å². The van der Waals surface area contributed by atoms with Crippen molar-refractivity contribution in [2.75, 3.05) is 25.5 Å². The summed E-state index contributed by atoms with van der Waals surface area (Å²) >= 11 is 1.79. The van der Waals surface area contributed by atoms with Gasteiger partial charge in [0.15, 0.2) is 0 Å². The fraction of sp³-hybridized carbons (Fsp3) is 0.562. The third kappa shape index (κ3) is 3.28. The number of nitrogens with zero attached hydrogens (tertiary/aromatic N) is 5. The molecular formula is C16H23N5S. The molecule has 2 aromatic heterocycles. The molecule has 3 heterocycles. The molecule has 0 N–H and O–H groups in total. The van der Waals surface area contributed by atoms with Crippen LogP contribution in [-0.4, -0.2) is 40.5 Å². The third-order valence-corrected chi connectivity index (χ3v) is 4.89. The lowest BCUT2D eigenvalue weighted by atomic mass is 10.1. The van der Waals surface area contributed by atoms with Crippen LogP contribution in [0, 0.1) is 0 Å². The Balaban J connectivity index is 1.73. The van der Waals surface area contributed by atoms with E-state index in [1.807, 2.05) is 14.1 Å². The molecule has 6 heteroatoms. The number of aromatic nitrogens is 3. The molecule has 0 aliphatic carbocycles. The lowest BCUT2D eigenvalue weighted by Crippen LogP contribution is -2.32. The van der Waals surface area contributed by atoms with E-state index in [0.717, 1.165) is 44.7 Å². The molecule has 5 nitrogen and oxygen atoms in total. The molecule has 0 bridgehead atoms. The molecule has 0 amide bonds. The molecule has 0 unspecified atom stereocenters. The van der Waals surface area contributed by atoms with Gasteiger partial charge in [-0.25, -0.2) is 15.0 Å². The first kappa shape index (κ1) is 15.4. The highest BCUT2D eigenvalue weighted by Crippen LogP contribution is 2.25. The Morgan fingerprint density at radius 3 is 2.95 bits per heavy atom. The van der Waals surface area contributed by atoms with E-state index < -0.39 is 0 Å². The Hall–Kier alpha value is -1.53. The minimum absolute atomic E-state index is 0.907. The summed E-state index contributed by atoms with van der Waals surface area (Å²) in [6, 6.07) is 0. The van der Waals surface area contributed by atoms with Crippen LogP contribution >= 0.6 is 11.3 Å². The SMILES string of the molecule is CCCc1nc(CN2CCc3ncnc(N(C)C)c3C2)cs1. The number of thiazole rings is 1. The van der Waals surface area contributed by atoms with E-state index in [9.17, 15) is 0 Å². The van der Waals surface area contributed by atoms with Crippen LogP contribution in [0.4, 0.5) is 5.82 Å². The van der Waals surface area contributed by atoms with Gasteiger partial charge in [0.25, 0.3) is 0 Å². The first-order chi connectivity index (χ1) is 10.7. The summed E-state index contributed by atoms with van der Waals surface area (Å²) in [6.07, 6.45) is 4.92. The molecule has 1 aliphatic heterocycles. The van der Waals surface area contributed by atoms with Crippen LogP contribution in [0.25, 0.3) is 0 Å². The standard InChI is InChI=1S/C16H23N5S/c1-4-5-15-19-12(10-22-15)8-21-7-6-14-13(9-21)16(20(2)3)18-11-17-14/h10-11H,4-9H2,1-3H3. The molecule has 118 valence electrons. The van der Waals surface area contributed by atoms with Gasteiger partial charge in [-0.1, -0.05) is 6.92 Å². The maximum absolute atomic E-state index is 4.74. The van der Waals surface area contributed by atoms with Crippen LogP contribution in [0.1, 0.15) is 35.3 Å². The first-order valence-corrected chi connectivity index (χ1v) is 8.71. The zero-order valence-corrected chi connectivity index (χ0v) is 14.4. The van der Waals surface area contributed by atoms with E-state index in [-0.39, 0.29) is 0 Å². The molecule has 0 fully saturated rings. The molecule has 0 spiro atoms. The second-order valence-corrected chi connectivity index (χ2v) is 6.90. The monoisotopic (exact) mass is 317 g/mol. The normalized spacial score (nSPS) is 14.9. The van der Waals surface area contributed by atoms with Crippen molar-refractivity contribution in [1.82, 2.24) is 19.9 Å². The summed E-state index contributed by atoms with van der Waals surface area (Å²) in [5.74, 6) is 1.04.